The van der Waals surface area contributed by atoms with E-state index in [1.54, 1.807) is 0 Å². The Morgan fingerprint density at radius 1 is 1.67 bits per heavy atom. The van der Waals surface area contributed by atoms with Gasteiger partial charge in [0, 0.05) is 13.6 Å². The molecule has 0 heterocycles. The number of rotatable bonds is 5. The molecule has 0 bridgehead atoms. The summed E-state index contributed by atoms with van der Waals surface area (Å²) in [5, 5.41) is 8.46. The quantitative estimate of drug-likeness (QED) is 0.543. The van der Waals surface area contributed by atoms with Crippen molar-refractivity contribution in [2.75, 3.05) is 26.0 Å². The van der Waals surface area contributed by atoms with Crippen molar-refractivity contribution in [2.24, 2.45) is 5.73 Å². The normalized spacial score (nSPS) is 11.9. The zero-order chi connectivity index (χ0) is 9.78. The third-order valence-corrected chi connectivity index (χ3v) is 3.35. The minimum absolute atomic E-state index is 0.0605. The number of likely N-dealkylation sites (N-methyl/N-ethyl adjacent to an activating group) is 1. The van der Waals surface area contributed by atoms with Crippen LogP contribution in [0.15, 0.2) is 0 Å². The maximum Gasteiger partial charge on any atom is 0.220 e. The molecule has 5 nitrogen and oxygen atoms in total. The molecule has 0 rings (SSSR count). The van der Waals surface area contributed by atoms with Gasteiger partial charge in [-0.1, -0.05) is 12.2 Å². The van der Waals surface area contributed by atoms with Gasteiger partial charge in [-0.15, -0.1) is 0 Å². The number of thiocarbonyl (C=S) groups is 1. The van der Waals surface area contributed by atoms with E-state index in [0.29, 0.717) is 0 Å². The Bertz CT molecular complexity index is 249. The topological polar surface area (TPSA) is 83.6 Å². The van der Waals surface area contributed by atoms with Gasteiger partial charge >= 0.3 is 0 Å². The van der Waals surface area contributed by atoms with Crippen molar-refractivity contribution in [1.82, 2.24) is 4.31 Å². The zero-order valence-corrected chi connectivity index (χ0v) is 8.36. The van der Waals surface area contributed by atoms with E-state index in [4.69, 9.17) is 10.8 Å². The second-order valence-electron chi connectivity index (χ2n) is 2.27. The van der Waals surface area contributed by atoms with Gasteiger partial charge in [-0.05, 0) is 0 Å². The molecule has 0 unspecified atom stereocenters. The Kier molecular flexibility index (Phi) is 4.61. The Morgan fingerprint density at radius 3 is 2.50 bits per heavy atom. The van der Waals surface area contributed by atoms with Crippen LogP contribution in [0.3, 0.4) is 0 Å². The van der Waals surface area contributed by atoms with Crippen LogP contribution in [0.25, 0.3) is 0 Å². The lowest BCUT2D eigenvalue weighted by molar-refractivity contribution is 0.267. The van der Waals surface area contributed by atoms with Gasteiger partial charge in [0.25, 0.3) is 0 Å². The molecule has 0 atom stereocenters. The van der Waals surface area contributed by atoms with Gasteiger partial charge in [0.05, 0.1) is 11.6 Å². The monoisotopic (exact) mass is 212 g/mol. The molecule has 12 heavy (non-hydrogen) atoms. The Morgan fingerprint density at radius 2 is 2.17 bits per heavy atom. The molecule has 72 valence electrons. The summed E-state index contributed by atoms with van der Waals surface area (Å²) in [5.74, 6) is -0.348. The van der Waals surface area contributed by atoms with Gasteiger partial charge in [-0.25, -0.2) is 12.7 Å². The summed E-state index contributed by atoms with van der Waals surface area (Å²) in [5.41, 5.74) is 5.08. The first-order chi connectivity index (χ1) is 5.40. The molecule has 0 aromatic heterocycles. The number of aliphatic hydroxyl groups excluding tert-OH is 1. The maximum atomic E-state index is 11.2. The van der Waals surface area contributed by atoms with E-state index in [-0.39, 0.29) is 23.9 Å². The fraction of sp³-hybridized carbons (Fsp3) is 0.800. The highest BCUT2D eigenvalue weighted by molar-refractivity contribution is 7.92. The van der Waals surface area contributed by atoms with Crippen LogP contribution in [0.5, 0.6) is 0 Å². The summed E-state index contributed by atoms with van der Waals surface area (Å²) in [6, 6.07) is 0. The number of nitrogens with two attached hydrogens (primary N) is 1. The molecule has 0 aliphatic carbocycles. The lowest BCUT2D eigenvalue weighted by Gasteiger charge is -2.14. The fourth-order valence-corrected chi connectivity index (χ4v) is 1.96. The standard InChI is InChI=1S/C5H12N2O3S2/c1-7(2-3-8)12(9,10)4-5(6)11/h8H,2-4H2,1H3,(H2,6,11). The van der Waals surface area contributed by atoms with Crippen molar-refractivity contribution in [3.63, 3.8) is 0 Å². The first-order valence-corrected chi connectivity index (χ1v) is 5.25. The summed E-state index contributed by atoms with van der Waals surface area (Å²) in [6.45, 7) is -0.155. The molecular formula is C5H12N2O3S2. The average Bonchev–Trinajstić information content (AvgIpc) is 1.85. The van der Waals surface area contributed by atoms with Crippen LogP contribution in [0.1, 0.15) is 0 Å². The molecule has 0 aromatic rings. The van der Waals surface area contributed by atoms with Crippen molar-refractivity contribution in [1.29, 1.82) is 0 Å². The third-order valence-electron chi connectivity index (χ3n) is 1.21. The number of aliphatic hydroxyl groups is 1. The highest BCUT2D eigenvalue weighted by Crippen LogP contribution is 1.96. The van der Waals surface area contributed by atoms with Crippen LogP contribution in [0, 0.1) is 0 Å². The summed E-state index contributed by atoms with van der Waals surface area (Å²) < 4.78 is 23.4. The SMILES string of the molecule is CN(CCO)S(=O)(=O)CC(N)=S. The summed E-state index contributed by atoms with van der Waals surface area (Å²) in [4.78, 5) is -0.0696. The molecule has 0 saturated carbocycles. The number of nitrogens with zero attached hydrogens (tertiary/aromatic N) is 1. The van der Waals surface area contributed by atoms with Crippen LogP contribution >= 0.6 is 12.2 Å². The van der Waals surface area contributed by atoms with Crippen LogP contribution in [0.4, 0.5) is 0 Å². The third kappa shape index (κ3) is 3.96. The fourth-order valence-electron chi connectivity index (χ4n) is 0.570. The van der Waals surface area contributed by atoms with E-state index in [0.717, 1.165) is 4.31 Å². The van der Waals surface area contributed by atoms with E-state index in [2.05, 4.69) is 12.2 Å². The van der Waals surface area contributed by atoms with Gasteiger partial charge in [0.2, 0.25) is 10.0 Å². The summed E-state index contributed by atoms with van der Waals surface area (Å²) in [7, 11) is -2.05. The van der Waals surface area contributed by atoms with Gasteiger partial charge in [0.1, 0.15) is 5.75 Å². The molecule has 0 radical (unpaired) electrons. The molecular weight excluding hydrogens is 200 g/mol. The van der Waals surface area contributed by atoms with Crippen LogP contribution < -0.4 is 5.73 Å². The smallest absolute Gasteiger partial charge is 0.220 e. The lowest BCUT2D eigenvalue weighted by Crippen LogP contribution is -2.35. The van der Waals surface area contributed by atoms with Gasteiger partial charge in [0.15, 0.2) is 0 Å². The lowest BCUT2D eigenvalue weighted by atomic mass is 10.7. The molecule has 0 aliphatic heterocycles. The molecule has 0 aliphatic rings. The highest BCUT2D eigenvalue weighted by atomic mass is 32.2. The number of hydrogen-bond acceptors (Lipinski definition) is 4. The first-order valence-electron chi connectivity index (χ1n) is 3.23. The Hall–Kier alpha value is -0.240. The van der Waals surface area contributed by atoms with Crippen molar-refractivity contribution in [3.05, 3.63) is 0 Å². The van der Waals surface area contributed by atoms with Gasteiger partial charge in [-0.2, -0.15) is 0 Å². The zero-order valence-electron chi connectivity index (χ0n) is 6.73. The highest BCUT2D eigenvalue weighted by Gasteiger charge is 2.17. The van der Waals surface area contributed by atoms with Crippen molar-refractivity contribution in [2.45, 2.75) is 0 Å². The molecule has 3 N–H and O–H groups in total. The van der Waals surface area contributed by atoms with Crippen LogP contribution in [-0.2, 0) is 10.0 Å². The van der Waals surface area contributed by atoms with Crippen molar-refractivity contribution >= 4 is 27.2 Å². The average molecular weight is 212 g/mol. The first kappa shape index (κ1) is 11.8. The second-order valence-corrected chi connectivity index (χ2v) is 4.87. The van der Waals surface area contributed by atoms with Crippen LogP contribution in [0.2, 0.25) is 0 Å². The van der Waals surface area contributed by atoms with Gasteiger partial charge in [-0.3, -0.25) is 0 Å². The molecule has 7 heteroatoms. The second kappa shape index (κ2) is 4.70. The number of hydrogen-bond donors (Lipinski definition) is 2. The predicted octanol–water partition coefficient (Wildman–Crippen LogP) is -1.47. The maximum absolute atomic E-state index is 11.2. The van der Waals surface area contributed by atoms with E-state index in [1.165, 1.54) is 7.05 Å². The van der Waals surface area contributed by atoms with E-state index in [9.17, 15) is 8.42 Å². The van der Waals surface area contributed by atoms with Crippen molar-refractivity contribution < 1.29 is 13.5 Å². The summed E-state index contributed by atoms with van der Waals surface area (Å²) >= 11 is 4.46. The largest absolute Gasteiger partial charge is 0.395 e. The van der Waals surface area contributed by atoms with Gasteiger partial charge < -0.3 is 10.8 Å². The summed E-state index contributed by atoms with van der Waals surface area (Å²) in [6.07, 6.45) is 0. The van der Waals surface area contributed by atoms with Crippen molar-refractivity contribution in [3.8, 4) is 0 Å². The molecule has 0 spiro atoms. The van der Waals surface area contributed by atoms with Crippen LogP contribution in [-0.4, -0.2) is 48.8 Å². The van der Waals surface area contributed by atoms with E-state index in [1.807, 2.05) is 0 Å². The Labute approximate surface area is 77.2 Å². The minimum Gasteiger partial charge on any atom is -0.395 e. The molecule has 0 saturated heterocycles. The Balaban J connectivity index is 4.30. The molecule has 0 aromatic carbocycles. The minimum atomic E-state index is -3.41. The molecule has 0 amide bonds. The number of sulfonamides is 1. The predicted molar refractivity (Wildman–Crippen MR) is 50.3 cm³/mol. The van der Waals surface area contributed by atoms with E-state index >= 15 is 0 Å². The molecule has 0 fully saturated rings. The van der Waals surface area contributed by atoms with E-state index < -0.39 is 10.0 Å².